The van der Waals surface area contributed by atoms with Gasteiger partial charge < -0.3 is 19.8 Å². The molecule has 0 saturated heterocycles. The first-order chi connectivity index (χ1) is 37.0. The molecule has 0 radical (unpaired) electrons. The third-order valence-corrected chi connectivity index (χ3v) is 15.5. The van der Waals surface area contributed by atoms with Crippen LogP contribution in [0.3, 0.4) is 0 Å². The number of quaternary nitrogens is 1. The molecule has 76 heavy (non-hydrogen) atoms. The van der Waals surface area contributed by atoms with Gasteiger partial charge in [-0.25, -0.2) is 4.57 Å². The topological polar surface area (TPSA) is 105 Å². The molecule has 0 aromatic heterocycles. The number of likely N-dealkylation sites (N-methyl/N-ethyl adjacent to an activating group) is 1. The first-order valence-corrected chi connectivity index (χ1v) is 33.8. The van der Waals surface area contributed by atoms with Crippen molar-refractivity contribution in [2.75, 3.05) is 40.9 Å². The second kappa shape index (κ2) is 57.6. The number of amides is 1. The number of hydrogen-bond acceptors (Lipinski definition) is 5. The highest BCUT2D eigenvalue weighted by Crippen LogP contribution is 2.43. The molecule has 0 aromatic carbocycles. The van der Waals surface area contributed by atoms with Crippen molar-refractivity contribution in [3.05, 3.63) is 72.9 Å². The summed E-state index contributed by atoms with van der Waals surface area (Å²) in [5, 5.41) is 14.1. The SMILES string of the molecule is CC/C=C\C/C=C\C/C=C\C/C=C\C/C=C\C/C=C\CCCCCCCCCCCCCCC(=O)NC(COP(=O)(O)OCC[N+](C)(C)C)C(O)CCCCCCCCCCCCCCCCCCCCCCCCC. The van der Waals surface area contributed by atoms with E-state index in [0.717, 1.165) is 77.0 Å². The molecule has 3 atom stereocenters. The van der Waals surface area contributed by atoms with Crippen LogP contribution in [0.5, 0.6) is 0 Å². The molecular formula is C67H126N2O6P+. The summed E-state index contributed by atoms with van der Waals surface area (Å²) in [6.45, 7) is 4.80. The van der Waals surface area contributed by atoms with Crippen LogP contribution >= 0.6 is 7.82 Å². The maximum Gasteiger partial charge on any atom is 0.472 e. The van der Waals surface area contributed by atoms with Crippen molar-refractivity contribution in [2.24, 2.45) is 0 Å². The van der Waals surface area contributed by atoms with Crippen LogP contribution < -0.4 is 5.32 Å². The van der Waals surface area contributed by atoms with E-state index < -0.39 is 20.0 Å². The number of aliphatic hydroxyl groups excluding tert-OH is 1. The summed E-state index contributed by atoms with van der Waals surface area (Å²) in [4.78, 5) is 23.4. The van der Waals surface area contributed by atoms with Crippen molar-refractivity contribution in [3.8, 4) is 0 Å². The second-order valence-corrected chi connectivity index (χ2v) is 24.6. The molecule has 0 aromatic rings. The molecule has 444 valence electrons. The molecular weight excluding hydrogens is 960 g/mol. The van der Waals surface area contributed by atoms with Crippen LogP contribution in [0, 0.1) is 0 Å². The van der Waals surface area contributed by atoms with Crippen molar-refractivity contribution in [2.45, 2.75) is 309 Å². The fourth-order valence-electron chi connectivity index (χ4n) is 9.47. The number of nitrogens with zero attached hydrogens (tertiary/aromatic N) is 1. The first-order valence-electron chi connectivity index (χ1n) is 32.3. The van der Waals surface area contributed by atoms with Crippen LogP contribution in [-0.4, -0.2) is 73.4 Å². The summed E-state index contributed by atoms with van der Waals surface area (Å²) in [7, 11) is 1.62. The largest absolute Gasteiger partial charge is 0.472 e. The number of rotatable bonds is 59. The first kappa shape index (κ1) is 73.9. The summed E-state index contributed by atoms with van der Waals surface area (Å²) in [5.41, 5.74) is 0. The number of unbranched alkanes of at least 4 members (excludes halogenated alkanes) is 34. The Labute approximate surface area is 472 Å². The average Bonchev–Trinajstić information content (AvgIpc) is 3.38. The number of allylic oxidation sites excluding steroid dienone is 12. The number of nitrogens with one attached hydrogen (secondary N) is 1. The van der Waals surface area contributed by atoms with E-state index in [1.165, 1.54) is 193 Å². The van der Waals surface area contributed by atoms with Crippen LogP contribution in [0.15, 0.2) is 72.9 Å². The lowest BCUT2D eigenvalue weighted by Crippen LogP contribution is -2.46. The van der Waals surface area contributed by atoms with Gasteiger partial charge in [0.2, 0.25) is 5.91 Å². The van der Waals surface area contributed by atoms with Crippen LogP contribution in [0.25, 0.3) is 0 Å². The Hall–Kier alpha value is -2.06. The molecule has 0 bridgehead atoms. The fourth-order valence-corrected chi connectivity index (χ4v) is 10.2. The zero-order chi connectivity index (χ0) is 55.6. The minimum absolute atomic E-state index is 0.0726. The lowest BCUT2D eigenvalue weighted by molar-refractivity contribution is -0.870. The van der Waals surface area contributed by atoms with Gasteiger partial charge in [-0.05, 0) is 64.2 Å². The maximum atomic E-state index is 13.1. The number of aliphatic hydroxyl groups is 1. The number of phosphoric ester groups is 1. The van der Waals surface area contributed by atoms with Gasteiger partial charge in [-0.3, -0.25) is 13.8 Å². The van der Waals surface area contributed by atoms with Gasteiger partial charge in [-0.1, -0.05) is 299 Å². The van der Waals surface area contributed by atoms with E-state index in [1.807, 2.05) is 21.1 Å². The minimum atomic E-state index is -4.33. The highest BCUT2D eigenvalue weighted by atomic mass is 31.2. The summed E-state index contributed by atoms with van der Waals surface area (Å²) in [6.07, 6.45) is 79.7. The zero-order valence-electron chi connectivity index (χ0n) is 50.7. The maximum absolute atomic E-state index is 13.1. The predicted octanol–water partition coefficient (Wildman–Crippen LogP) is 20.2. The number of carbonyl (C=O) groups excluding carboxylic acids is 1. The third-order valence-electron chi connectivity index (χ3n) is 14.5. The Morgan fingerprint density at radius 2 is 0.789 bits per heavy atom. The summed E-state index contributed by atoms with van der Waals surface area (Å²) in [5.74, 6) is -0.145. The van der Waals surface area contributed by atoms with E-state index in [9.17, 15) is 19.4 Å². The monoisotopic (exact) mass is 1090 g/mol. The van der Waals surface area contributed by atoms with Crippen molar-refractivity contribution >= 4 is 13.7 Å². The van der Waals surface area contributed by atoms with Crippen molar-refractivity contribution in [1.29, 1.82) is 0 Å². The highest BCUT2D eigenvalue weighted by Gasteiger charge is 2.28. The number of phosphoric acid groups is 1. The fraction of sp³-hybridized carbons (Fsp3) is 0.806. The van der Waals surface area contributed by atoms with E-state index in [4.69, 9.17) is 9.05 Å². The standard InChI is InChI=1S/C67H125N2O6P/c1-6-8-10-12-14-16-18-20-22-24-26-28-30-31-32-33-34-35-36-37-39-41-43-45-47-49-51-53-55-57-59-61-67(71)68-65(64-75-76(72,73)74-63-62-69(3,4)5)66(70)60-58-56-54-52-50-48-46-44-42-40-38-29-27-25-23-21-19-17-15-13-11-9-7-2/h8,10,14,16,20,22,26,28,31-32,34-35,65-66,70H,6-7,9,11-13,15,17-19,21,23-25,27,29-30,33,36-64H2,1-5H3,(H-,68,71,72,73)/p+1/b10-8-,16-14-,22-20-,28-26-,32-31-,35-34-. The van der Waals surface area contributed by atoms with Gasteiger partial charge in [0.15, 0.2) is 0 Å². The molecule has 1 amide bonds. The molecule has 0 saturated carbocycles. The summed E-state index contributed by atoms with van der Waals surface area (Å²) >= 11 is 0. The van der Waals surface area contributed by atoms with E-state index in [0.29, 0.717) is 23.9 Å². The lowest BCUT2D eigenvalue weighted by Gasteiger charge is -2.26. The molecule has 0 fully saturated rings. The van der Waals surface area contributed by atoms with Crippen LogP contribution in [-0.2, 0) is 18.4 Å². The Bertz CT molecular complexity index is 1470. The number of carbonyl (C=O) groups is 1. The Kier molecular flexibility index (Phi) is 56.1. The molecule has 8 nitrogen and oxygen atoms in total. The molecule has 0 heterocycles. The van der Waals surface area contributed by atoms with Crippen LogP contribution in [0.2, 0.25) is 0 Å². The van der Waals surface area contributed by atoms with Crippen molar-refractivity contribution in [3.63, 3.8) is 0 Å². The molecule has 0 rings (SSSR count). The Balaban J connectivity index is 4.10. The van der Waals surface area contributed by atoms with Gasteiger partial charge in [-0.15, -0.1) is 0 Å². The molecule has 0 aliphatic heterocycles. The summed E-state index contributed by atoms with van der Waals surface area (Å²) in [6, 6.07) is -0.766. The van der Waals surface area contributed by atoms with Gasteiger partial charge in [0, 0.05) is 6.42 Å². The zero-order valence-corrected chi connectivity index (χ0v) is 51.6. The van der Waals surface area contributed by atoms with Crippen LogP contribution in [0.4, 0.5) is 0 Å². The molecule has 0 aliphatic rings. The van der Waals surface area contributed by atoms with E-state index in [1.54, 1.807) is 0 Å². The molecule has 3 N–H and O–H groups in total. The van der Waals surface area contributed by atoms with Gasteiger partial charge in [-0.2, -0.15) is 0 Å². The Morgan fingerprint density at radius 1 is 0.461 bits per heavy atom. The molecule has 0 aliphatic carbocycles. The van der Waals surface area contributed by atoms with Crippen molar-refractivity contribution in [1.82, 2.24) is 5.32 Å². The average molecular weight is 1090 g/mol. The van der Waals surface area contributed by atoms with Crippen molar-refractivity contribution < 1.29 is 32.9 Å². The van der Waals surface area contributed by atoms with E-state index in [2.05, 4.69) is 92.1 Å². The van der Waals surface area contributed by atoms with Gasteiger partial charge in [0.25, 0.3) is 0 Å². The van der Waals surface area contributed by atoms with Gasteiger partial charge in [0.1, 0.15) is 13.2 Å². The summed E-state index contributed by atoms with van der Waals surface area (Å²) < 4.78 is 23.9. The normalized spacial score (nSPS) is 14.2. The molecule has 9 heteroatoms. The van der Waals surface area contributed by atoms with E-state index in [-0.39, 0.29) is 19.1 Å². The molecule has 3 unspecified atom stereocenters. The second-order valence-electron chi connectivity index (χ2n) is 23.1. The predicted molar refractivity (Wildman–Crippen MR) is 332 cm³/mol. The van der Waals surface area contributed by atoms with Gasteiger partial charge in [0.05, 0.1) is 39.9 Å². The lowest BCUT2D eigenvalue weighted by atomic mass is 10.0. The molecule has 0 spiro atoms. The smallest absolute Gasteiger partial charge is 0.391 e. The third kappa shape index (κ3) is 59.6. The minimum Gasteiger partial charge on any atom is -0.391 e. The quantitative estimate of drug-likeness (QED) is 0.0243. The highest BCUT2D eigenvalue weighted by molar-refractivity contribution is 7.47. The Morgan fingerprint density at radius 3 is 1.16 bits per heavy atom. The van der Waals surface area contributed by atoms with E-state index >= 15 is 0 Å². The van der Waals surface area contributed by atoms with Gasteiger partial charge >= 0.3 is 7.82 Å². The number of hydrogen-bond donors (Lipinski definition) is 3. The van der Waals surface area contributed by atoms with Crippen LogP contribution in [0.1, 0.15) is 296 Å².